The second-order valence-corrected chi connectivity index (χ2v) is 2.35. The average molecular weight is 186 g/mol. The quantitative estimate of drug-likeness (QED) is 0.156. The molecule has 7 nitrogen and oxygen atoms in total. The summed E-state index contributed by atoms with van der Waals surface area (Å²) in [6.07, 6.45) is 0. The van der Waals surface area contributed by atoms with E-state index < -0.39 is 0 Å². The van der Waals surface area contributed by atoms with Gasteiger partial charge in [0.2, 0.25) is 0 Å². The summed E-state index contributed by atoms with van der Waals surface area (Å²) in [5.74, 6) is -0.0888. The first kappa shape index (κ1) is 11.5. The summed E-state index contributed by atoms with van der Waals surface area (Å²) in [4.78, 5) is 0. The zero-order valence-electron chi connectivity index (χ0n) is 7.43. The maximum Gasteiger partial charge on any atom is 0.185 e. The van der Waals surface area contributed by atoms with Gasteiger partial charge in [0.05, 0.1) is 0 Å². The molecule has 0 aliphatic carbocycles. The highest BCUT2D eigenvalue weighted by molar-refractivity contribution is 5.74. The molecule has 0 saturated heterocycles. The maximum absolute atomic E-state index is 6.84. The number of hydrogen-bond donors (Lipinski definition) is 6. The molecule has 8 N–H and O–H groups in total. The molecule has 0 aromatic rings. The van der Waals surface area contributed by atoms with E-state index in [-0.39, 0.29) is 11.9 Å². The Balaban J connectivity index is 3.00. The number of guanidine groups is 2. The van der Waals surface area contributed by atoms with E-state index in [0.717, 1.165) is 0 Å². The van der Waals surface area contributed by atoms with Gasteiger partial charge in [0.1, 0.15) is 0 Å². The van der Waals surface area contributed by atoms with E-state index in [0.29, 0.717) is 26.2 Å². The van der Waals surface area contributed by atoms with Crippen molar-refractivity contribution in [2.75, 3.05) is 26.2 Å². The van der Waals surface area contributed by atoms with Crippen molar-refractivity contribution < 1.29 is 0 Å². The van der Waals surface area contributed by atoms with Crippen molar-refractivity contribution in [3.8, 4) is 0 Å². The second kappa shape index (κ2) is 7.17. The van der Waals surface area contributed by atoms with Gasteiger partial charge in [-0.2, -0.15) is 0 Å². The molecule has 0 aromatic heterocycles. The molecule has 13 heavy (non-hydrogen) atoms. The SMILES string of the molecule is N=C(N)NCC[N]CCNC(=N)N. The van der Waals surface area contributed by atoms with Crippen molar-refractivity contribution in [2.24, 2.45) is 11.5 Å². The largest absolute Gasteiger partial charge is 0.370 e. The molecule has 0 aromatic carbocycles. The van der Waals surface area contributed by atoms with Crippen molar-refractivity contribution >= 4 is 11.9 Å². The minimum absolute atomic E-state index is 0.0444. The van der Waals surface area contributed by atoms with Gasteiger partial charge in [-0.3, -0.25) is 10.8 Å². The predicted molar refractivity (Wildman–Crippen MR) is 51.7 cm³/mol. The van der Waals surface area contributed by atoms with E-state index in [1.165, 1.54) is 0 Å². The van der Waals surface area contributed by atoms with Gasteiger partial charge >= 0.3 is 0 Å². The molecule has 0 rings (SSSR count). The Morgan fingerprint density at radius 2 is 1.38 bits per heavy atom. The average Bonchev–Trinajstić information content (AvgIpc) is 2.01. The molecule has 0 bridgehead atoms. The summed E-state index contributed by atoms with van der Waals surface area (Å²) in [7, 11) is 0. The zero-order valence-corrected chi connectivity index (χ0v) is 7.43. The van der Waals surface area contributed by atoms with E-state index >= 15 is 0 Å². The van der Waals surface area contributed by atoms with Crippen molar-refractivity contribution in [1.29, 1.82) is 10.8 Å². The monoisotopic (exact) mass is 186 g/mol. The van der Waals surface area contributed by atoms with E-state index in [1.54, 1.807) is 0 Å². The number of nitrogens with zero attached hydrogens (tertiary/aromatic N) is 1. The van der Waals surface area contributed by atoms with Gasteiger partial charge < -0.3 is 22.1 Å². The molecule has 0 aliphatic heterocycles. The lowest BCUT2D eigenvalue weighted by molar-refractivity contribution is 0.643. The van der Waals surface area contributed by atoms with Crippen molar-refractivity contribution in [1.82, 2.24) is 16.0 Å². The van der Waals surface area contributed by atoms with E-state index in [9.17, 15) is 0 Å². The Morgan fingerprint density at radius 3 is 1.69 bits per heavy atom. The van der Waals surface area contributed by atoms with Gasteiger partial charge in [0, 0.05) is 26.2 Å². The Morgan fingerprint density at radius 1 is 1.00 bits per heavy atom. The molecule has 75 valence electrons. The molecule has 0 heterocycles. The van der Waals surface area contributed by atoms with Gasteiger partial charge in [-0.15, -0.1) is 0 Å². The molecule has 1 radical (unpaired) electrons. The zero-order chi connectivity index (χ0) is 10.1. The van der Waals surface area contributed by atoms with E-state index in [4.69, 9.17) is 22.3 Å². The highest BCUT2D eigenvalue weighted by Crippen LogP contribution is 1.63. The van der Waals surface area contributed by atoms with Crippen molar-refractivity contribution in [3.05, 3.63) is 0 Å². The van der Waals surface area contributed by atoms with Crippen molar-refractivity contribution in [3.63, 3.8) is 0 Å². The Labute approximate surface area is 77.3 Å². The first-order valence-corrected chi connectivity index (χ1v) is 3.92. The molecule has 0 saturated carbocycles. The fraction of sp³-hybridized carbons (Fsp3) is 0.667. The molecule has 0 fully saturated rings. The molecule has 0 amide bonds. The maximum atomic E-state index is 6.84. The number of nitrogens with one attached hydrogen (secondary N) is 4. The van der Waals surface area contributed by atoms with Crippen molar-refractivity contribution in [2.45, 2.75) is 0 Å². The third kappa shape index (κ3) is 10.5. The van der Waals surface area contributed by atoms with Crippen LogP contribution in [0.15, 0.2) is 0 Å². The predicted octanol–water partition coefficient (Wildman–Crippen LogP) is -2.44. The molecule has 0 spiro atoms. The fourth-order valence-electron chi connectivity index (χ4n) is 0.651. The summed E-state index contributed by atoms with van der Waals surface area (Å²) in [6, 6.07) is 0. The summed E-state index contributed by atoms with van der Waals surface area (Å²) in [5.41, 5.74) is 10.1. The van der Waals surface area contributed by atoms with Gasteiger partial charge in [-0.25, -0.2) is 5.32 Å². The van der Waals surface area contributed by atoms with Crippen LogP contribution in [0.25, 0.3) is 0 Å². The topological polar surface area (TPSA) is 138 Å². The number of nitrogens with two attached hydrogens (primary N) is 2. The lowest BCUT2D eigenvalue weighted by Crippen LogP contribution is -2.37. The third-order valence-corrected chi connectivity index (χ3v) is 1.17. The Hall–Kier alpha value is -1.50. The Bertz CT molecular complexity index is 148. The van der Waals surface area contributed by atoms with Crippen LogP contribution in [0.3, 0.4) is 0 Å². The lowest BCUT2D eigenvalue weighted by Gasteiger charge is -2.05. The van der Waals surface area contributed by atoms with Crippen LogP contribution < -0.4 is 27.4 Å². The minimum Gasteiger partial charge on any atom is -0.370 e. The highest BCUT2D eigenvalue weighted by atomic mass is 15.1. The second-order valence-electron chi connectivity index (χ2n) is 2.35. The van der Waals surface area contributed by atoms with Gasteiger partial charge in [-0.05, 0) is 0 Å². The van der Waals surface area contributed by atoms with Crippen LogP contribution in [0.2, 0.25) is 0 Å². The smallest absolute Gasteiger partial charge is 0.185 e. The van der Waals surface area contributed by atoms with Gasteiger partial charge in [0.25, 0.3) is 0 Å². The molecule has 0 aliphatic rings. The normalized spacial score (nSPS) is 9.23. The van der Waals surface area contributed by atoms with Crippen LogP contribution in [0.1, 0.15) is 0 Å². The van der Waals surface area contributed by atoms with Gasteiger partial charge in [0.15, 0.2) is 11.9 Å². The summed E-state index contributed by atoms with van der Waals surface area (Å²) in [5, 5.41) is 23.0. The first-order valence-electron chi connectivity index (χ1n) is 3.92. The summed E-state index contributed by atoms with van der Waals surface area (Å²) < 4.78 is 0. The van der Waals surface area contributed by atoms with Crippen LogP contribution in [0.5, 0.6) is 0 Å². The minimum atomic E-state index is -0.0444. The Kier molecular flexibility index (Phi) is 6.34. The standard InChI is InChI=1S/C6H16N7/c7-5(8)12-3-1-11-2-4-13-6(9)10/h1-4H2,(H4,7,8,12)(H4,9,10,13). The van der Waals surface area contributed by atoms with Crippen LogP contribution in [0, 0.1) is 10.8 Å². The molecule has 7 heteroatoms. The summed E-state index contributed by atoms with van der Waals surface area (Å²) >= 11 is 0. The summed E-state index contributed by atoms with van der Waals surface area (Å²) in [6.45, 7) is 2.32. The molecule has 0 unspecified atom stereocenters. The van der Waals surface area contributed by atoms with Gasteiger partial charge in [-0.1, -0.05) is 0 Å². The van der Waals surface area contributed by atoms with Crippen LogP contribution in [0.4, 0.5) is 0 Å². The van der Waals surface area contributed by atoms with Crippen LogP contribution in [-0.2, 0) is 0 Å². The molecular formula is C6H16N7. The van der Waals surface area contributed by atoms with Crippen LogP contribution in [-0.4, -0.2) is 38.1 Å². The first-order chi connectivity index (χ1) is 6.13. The highest BCUT2D eigenvalue weighted by Gasteiger charge is 1.90. The van der Waals surface area contributed by atoms with E-state index in [1.807, 2.05) is 0 Å². The van der Waals surface area contributed by atoms with E-state index in [2.05, 4.69) is 16.0 Å². The lowest BCUT2D eigenvalue weighted by atomic mass is 10.5. The van der Waals surface area contributed by atoms with Crippen LogP contribution >= 0.6 is 0 Å². The molecular weight excluding hydrogens is 170 g/mol. The number of rotatable bonds is 6. The third-order valence-electron chi connectivity index (χ3n) is 1.17. The molecule has 0 atom stereocenters. The number of hydrogen-bond acceptors (Lipinski definition) is 2. The fourth-order valence-corrected chi connectivity index (χ4v) is 0.651.